The number of fused-ring (bicyclic) bond motifs is 1. The van der Waals surface area contributed by atoms with Gasteiger partial charge in [-0.25, -0.2) is 0 Å². The second kappa shape index (κ2) is 7.39. The normalized spacial score (nSPS) is 12.5. The highest BCUT2D eigenvalue weighted by atomic mass is 16.3. The molecule has 0 radical (unpaired) electrons. The molecule has 0 aliphatic rings. The summed E-state index contributed by atoms with van der Waals surface area (Å²) in [6.07, 6.45) is 0.307. The van der Waals surface area contributed by atoms with Gasteiger partial charge in [-0.05, 0) is 41.1 Å². The third-order valence-electron chi connectivity index (χ3n) is 4.18. The summed E-state index contributed by atoms with van der Waals surface area (Å²) in [5.41, 5.74) is 2.66. The summed E-state index contributed by atoms with van der Waals surface area (Å²) >= 11 is 0. The summed E-state index contributed by atoms with van der Waals surface area (Å²) in [7, 11) is 1.97. The van der Waals surface area contributed by atoms with Gasteiger partial charge in [0, 0.05) is 18.7 Å². The Kier molecular flexibility index (Phi) is 5.04. The van der Waals surface area contributed by atoms with Crippen LogP contribution in [-0.2, 0) is 6.54 Å². The molecule has 3 aromatic carbocycles. The van der Waals surface area contributed by atoms with Crippen molar-refractivity contribution in [1.29, 1.82) is 0 Å². The van der Waals surface area contributed by atoms with E-state index < -0.39 is 6.10 Å². The first-order valence-corrected chi connectivity index (χ1v) is 8.05. The second-order valence-corrected chi connectivity index (χ2v) is 6.18. The zero-order valence-corrected chi connectivity index (χ0v) is 13.7. The van der Waals surface area contributed by atoms with E-state index in [2.05, 4.69) is 17.0 Å². The number of hydrogen-bond donors (Lipinski definition) is 1. The Morgan fingerprint density at radius 3 is 2.58 bits per heavy atom. The van der Waals surface area contributed by atoms with E-state index in [1.165, 1.54) is 5.39 Å². The minimum atomic E-state index is -0.547. The number of aldehydes is 1. The van der Waals surface area contributed by atoms with E-state index in [1.54, 1.807) is 6.07 Å². The molecule has 24 heavy (non-hydrogen) atoms. The molecule has 1 N–H and O–H groups in total. The largest absolute Gasteiger partial charge is 0.387 e. The van der Waals surface area contributed by atoms with Crippen molar-refractivity contribution in [2.45, 2.75) is 12.6 Å². The van der Waals surface area contributed by atoms with Crippen LogP contribution in [0.4, 0.5) is 0 Å². The zero-order valence-electron chi connectivity index (χ0n) is 13.7. The van der Waals surface area contributed by atoms with Gasteiger partial charge in [0.15, 0.2) is 0 Å². The Morgan fingerprint density at radius 2 is 1.79 bits per heavy atom. The number of benzene rings is 3. The van der Waals surface area contributed by atoms with Crippen molar-refractivity contribution in [3.05, 3.63) is 83.4 Å². The van der Waals surface area contributed by atoms with Crippen LogP contribution in [0.3, 0.4) is 0 Å². The lowest BCUT2D eigenvalue weighted by Crippen LogP contribution is -2.24. The second-order valence-electron chi connectivity index (χ2n) is 6.18. The molecule has 0 aliphatic heterocycles. The molecule has 0 bridgehead atoms. The molecule has 0 aliphatic carbocycles. The minimum Gasteiger partial charge on any atom is -0.387 e. The Morgan fingerprint density at radius 1 is 1.00 bits per heavy atom. The SMILES string of the molecule is CN(Cc1cccc(C=O)c1)CC(O)c1ccc2ccccc2c1. The summed E-state index contributed by atoms with van der Waals surface area (Å²) in [5.74, 6) is 0. The molecule has 3 heteroatoms. The quantitative estimate of drug-likeness (QED) is 0.702. The molecule has 0 spiro atoms. The Balaban J connectivity index is 1.68. The van der Waals surface area contributed by atoms with Crippen LogP contribution in [0.2, 0.25) is 0 Å². The first-order chi connectivity index (χ1) is 11.7. The summed E-state index contributed by atoms with van der Waals surface area (Å²) in [5, 5.41) is 12.8. The molecule has 0 saturated heterocycles. The summed E-state index contributed by atoms with van der Waals surface area (Å²) in [4.78, 5) is 12.9. The molecule has 0 fully saturated rings. The highest BCUT2D eigenvalue weighted by Gasteiger charge is 2.12. The Hall–Kier alpha value is -2.49. The smallest absolute Gasteiger partial charge is 0.150 e. The van der Waals surface area contributed by atoms with Crippen LogP contribution in [0, 0.1) is 0 Å². The Labute approximate surface area is 142 Å². The van der Waals surface area contributed by atoms with Crippen LogP contribution in [0.1, 0.15) is 27.6 Å². The predicted molar refractivity (Wildman–Crippen MR) is 97.1 cm³/mol. The maximum atomic E-state index is 10.9. The van der Waals surface area contributed by atoms with Crippen LogP contribution < -0.4 is 0 Å². The van der Waals surface area contributed by atoms with Crippen molar-refractivity contribution in [2.75, 3.05) is 13.6 Å². The first kappa shape index (κ1) is 16.4. The average molecular weight is 319 g/mol. The lowest BCUT2D eigenvalue weighted by molar-refractivity contribution is 0.112. The van der Waals surface area contributed by atoms with Crippen LogP contribution in [0.25, 0.3) is 10.8 Å². The van der Waals surface area contributed by atoms with E-state index in [-0.39, 0.29) is 0 Å². The number of hydrogen-bond acceptors (Lipinski definition) is 3. The van der Waals surface area contributed by atoms with Crippen LogP contribution in [-0.4, -0.2) is 29.9 Å². The minimum absolute atomic E-state index is 0.531. The standard InChI is InChI=1S/C21H21NO2/c1-22(13-16-5-4-6-17(11-16)15-23)14-21(24)20-10-9-18-7-2-3-8-19(18)12-20/h2-12,15,21,24H,13-14H2,1H3. The number of nitrogens with zero attached hydrogens (tertiary/aromatic N) is 1. The molecule has 0 amide bonds. The van der Waals surface area contributed by atoms with Crippen molar-refractivity contribution >= 4 is 17.1 Å². The number of carbonyl (C=O) groups excluding carboxylic acids is 1. The molecule has 122 valence electrons. The summed E-state index contributed by atoms with van der Waals surface area (Å²) in [6, 6.07) is 21.8. The lowest BCUT2D eigenvalue weighted by atomic mass is 10.0. The number of carbonyl (C=O) groups is 1. The third kappa shape index (κ3) is 3.88. The summed E-state index contributed by atoms with van der Waals surface area (Å²) in [6.45, 7) is 1.22. The fourth-order valence-electron chi connectivity index (χ4n) is 2.96. The van der Waals surface area contributed by atoms with Crippen LogP contribution in [0.15, 0.2) is 66.7 Å². The molecule has 0 saturated carbocycles. The molecule has 0 aromatic heterocycles. The number of aliphatic hydroxyl groups is 1. The molecule has 3 aromatic rings. The van der Waals surface area contributed by atoms with Gasteiger partial charge in [-0.15, -0.1) is 0 Å². The van der Waals surface area contributed by atoms with Crippen LogP contribution in [0.5, 0.6) is 0 Å². The monoisotopic (exact) mass is 319 g/mol. The third-order valence-corrected chi connectivity index (χ3v) is 4.18. The van der Waals surface area contributed by atoms with E-state index in [9.17, 15) is 9.90 Å². The van der Waals surface area contributed by atoms with Gasteiger partial charge in [-0.3, -0.25) is 9.69 Å². The van der Waals surface area contributed by atoms with Crippen LogP contribution >= 0.6 is 0 Å². The van der Waals surface area contributed by atoms with E-state index in [4.69, 9.17) is 0 Å². The maximum Gasteiger partial charge on any atom is 0.150 e. The number of aliphatic hydroxyl groups excluding tert-OH is 1. The van der Waals surface area contributed by atoms with Crippen molar-refractivity contribution in [1.82, 2.24) is 4.90 Å². The summed E-state index contributed by atoms with van der Waals surface area (Å²) < 4.78 is 0. The van der Waals surface area contributed by atoms with Crippen molar-refractivity contribution in [3.63, 3.8) is 0 Å². The highest BCUT2D eigenvalue weighted by molar-refractivity contribution is 5.83. The first-order valence-electron chi connectivity index (χ1n) is 8.05. The van der Waals surface area contributed by atoms with E-state index in [1.807, 2.05) is 55.6 Å². The van der Waals surface area contributed by atoms with Gasteiger partial charge in [-0.1, -0.05) is 54.6 Å². The molecule has 0 heterocycles. The Bertz CT molecular complexity index is 844. The predicted octanol–water partition coefficient (Wildman–Crippen LogP) is 3.82. The fraction of sp³-hybridized carbons (Fsp3) is 0.190. The maximum absolute atomic E-state index is 10.9. The fourth-order valence-corrected chi connectivity index (χ4v) is 2.96. The molecule has 1 atom stereocenters. The van der Waals surface area contributed by atoms with Crippen molar-refractivity contribution in [2.24, 2.45) is 0 Å². The molecule has 3 rings (SSSR count). The molecule has 1 unspecified atom stereocenters. The van der Waals surface area contributed by atoms with Gasteiger partial charge in [-0.2, -0.15) is 0 Å². The molecule has 3 nitrogen and oxygen atoms in total. The average Bonchev–Trinajstić information content (AvgIpc) is 2.61. The van der Waals surface area contributed by atoms with Crippen molar-refractivity contribution < 1.29 is 9.90 Å². The van der Waals surface area contributed by atoms with E-state index in [0.29, 0.717) is 18.7 Å². The van der Waals surface area contributed by atoms with Gasteiger partial charge >= 0.3 is 0 Å². The van der Waals surface area contributed by atoms with Crippen molar-refractivity contribution in [3.8, 4) is 0 Å². The zero-order chi connectivity index (χ0) is 16.9. The topological polar surface area (TPSA) is 40.5 Å². The van der Waals surface area contributed by atoms with Gasteiger partial charge in [0.2, 0.25) is 0 Å². The number of likely N-dealkylation sites (N-methyl/N-ethyl adjacent to an activating group) is 1. The van der Waals surface area contributed by atoms with E-state index in [0.717, 1.165) is 22.8 Å². The number of rotatable bonds is 6. The molecular formula is C21H21NO2. The van der Waals surface area contributed by atoms with Gasteiger partial charge < -0.3 is 5.11 Å². The van der Waals surface area contributed by atoms with E-state index >= 15 is 0 Å². The molecular weight excluding hydrogens is 298 g/mol. The lowest BCUT2D eigenvalue weighted by Gasteiger charge is -2.21. The highest BCUT2D eigenvalue weighted by Crippen LogP contribution is 2.21. The van der Waals surface area contributed by atoms with Gasteiger partial charge in [0.25, 0.3) is 0 Å². The van der Waals surface area contributed by atoms with Gasteiger partial charge in [0.1, 0.15) is 6.29 Å². The van der Waals surface area contributed by atoms with Gasteiger partial charge in [0.05, 0.1) is 6.10 Å².